The molecule has 8 atom stereocenters. The van der Waals surface area contributed by atoms with E-state index in [4.69, 9.17) is 9.47 Å². The first kappa shape index (κ1) is 24.7. The summed E-state index contributed by atoms with van der Waals surface area (Å²) in [6.45, 7) is 4.16. The van der Waals surface area contributed by atoms with Gasteiger partial charge in [0.15, 0.2) is 0 Å². The van der Waals surface area contributed by atoms with Crippen molar-refractivity contribution in [3.8, 4) is 0 Å². The molecule has 5 rings (SSSR count). The van der Waals surface area contributed by atoms with E-state index in [1.165, 1.54) is 6.08 Å². The summed E-state index contributed by atoms with van der Waals surface area (Å²) < 4.78 is 24.4. The first-order chi connectivity index (χ1) is 17.4. The van der Waals surface area contributed by atoms with Crippen LogP contribution in [0.1, 0.15) is 63.1 Å². The third-order valence-electron chi connectivity index (χ3n) is 8.50. The smallest absolute Gasteiger partial charge is 0.407 e. The molecule has 36 heavy (non-hydrogen) atoms. The van der Waals surface area contributed by atoms with E-state index in [0.29, 0.717) is 18.4 Å². The molecule has 0 bridgehead atoms. The number of alkyl carbamates (subject to hydrolysis) is 1. The van der Waals surface area contributed by atoms with Gasteiger partial charge in [-0.25, -0.2) is 9.18 Å². The van der Waals surface area contributed by atoms with E-state index in [9.17, 15) is 14.0 Å². The minimum Gasteiger partial charge on any atom is -0.462 e. The molecule has 4 aliphatic rings. The summed E-state index contributed by atoms with van der Waals surface area (Å²) in [5, 5.41) is 3.00. The van der Waals surface area contributed by atoms with Crippen LogP contribution in [0.15, 0.2) is 48.5 Å². The summed E-state index contributed by atoms with van der Waals surface area (Å²) >= 11 is 0. The molecule has 3 fully saturated rings. The van der Waals surface area contributed by atoms with E-state index < -0.39 is 0 Å². The Balaban J connectivity index is 1.32. The molecule has 0 radical (unpaired) electrons. The summed E-state index contributed by atoms with van der Waals surface area (Å²) in [6.07, 6.45) is 15.0. The molecule has 1 amide bonds. The number of ether oxygens (including phenoxy) is 2. The number of fused-ring (bicyclic) bond motifs is 2. The second-order valence-corrected chi connectivity index (χ2v) is 10.6. The van der Waals surface area contributed by atoms with Gasteiger partial charge in [0.05, 0.1) is 18.2 Å². The van der Waals surface area contributed by atoms with Crippen LogP contribution >= 0.6 is 0 Å². The van der Waals surface area contributed by atoms with Gasteiger partial charge in [-0.2, -0.15) is 0 Å². The lowest BCUT2D eigenvalue weighted by Crippen LogP contribution is -2.48. The van der Waals surface area contributed by atoms with E-state index >= 15 is 0 Å². The van der Waals surface area contributed by atoms with Gasteiger partial charge in [-0.3, -0.25) is 9.78 Å². The normalized spacial score (nSPS) is 35.5. The lowest BCUT2D eigenvalue weighted by atomic mass is 9.57. The van der Waals surface area contributed by atoms with Crippen molar-refractivity contribution in [2.45, 2.75) is 64.0 Å². The predicted molar refractivity (Wildman–Crippen MR) is 134 cm³/mol. The van der Waals surface area contributed by atoms with Crippen molar-refractivity contribution < 1.29 is 23.5 Å². The minimum atomic E-state index is -0.364. The molecular weight excluding hydrogens is 459 g/mol. The number of allylic oxidation sites excluding steroid dienone is 5. The molecule has 1 aromatic rings. The number of aromatic nitrogens is 1. The number of carbonyl (C=O) groups is 2. The Morgan fingerprint density at radius 1 is 1.31 bits per heavy atom. The summed E-state index contributed by atoms with van der Waals surface area (Å²) in [5.74, 6) is 0.763. The van der Waals surface area contributed by atoms with E-state index in [2.05, 4.69) is 22.5 Å². The molecule has 2 saturated carbocycles. The number of esters is 1. The van der Waals surface area contributed by atoms with Crippen LogP contribution in [0.25, 0.3) is 6.08 Å². The molecule has 1 unspecified atom stereocenters. The van der Waals surface area contributed by atoms with Gasteiger partial charge in [0, 0.05) is 24.1 Å². The third kappa shape index (κ3) is 5.11. The highest BCUT2D eigenvalue weighted by molar-refractivity contribution is 5.75. The van der Waals surface area contributed by atoms with Gasteiger partial charge >= 0.3 is 12.1 Å². The second kappa shape index (κ2) is 10.6. The average molecular weight is 495 g/mol. The molecule has 1 N–H and O–H groups in total. The number of halogens is 1. The van der Waals surface area contributed by atoms with Gasteiger partial charge in [0.25, 0.3) is 0 Å². The zero-order valence-electron chi connectivity index (χ0n) is 20.9. The van der Waals surface area contributed by atoms with Crippen LogP contribution in [-0.2, 0) is 14.3 Å². The minimum absolute atomic E-state index is 0.0151. The van der Waals surface area contributed by atoms with Crippen molar-refractivity contribution >= 4 is 18.1 Å². The van der Waals surface area contributed by atoms with Gasteiger partial charge in [0.2, 0.25) is 0 Å². The topological polar surface area (TPSA) is 77.5 Å². The maximum absolute atomic E-state index is 13.6. The van der Waals surface area contributed by atoms with Crippen LogP contribution in [0.4, 0.5) is 9.18 Å². The number of carbonyl (C=O) groups excluding carboxylic acids is 2. The lowest BCUT2D eigenvalue weighted by Gasteiger charge is -2.47. The van der Waals surface area contributed by atoms with Crippen LogP contribution in [0, 0.1) is 29.6 Å². The monoisotopic (exact) mass is 494 g/mol. The zero-order chi connectivity index (χ0) is 25.2. The van der Waals surface area contributed by atoms with Crippen molar-refractivity contribution in [3.63, 3.8) is 0 Å². The van der Waals surface area contributed by atoms with Crippen LogP contribution in [0.2, 0.25) is 0 Å². The largest absolute Gasteiger partial charge is 0.462 e. The number of hydrogen-bond donors (Lipinski definition) is 1. The molecule has 1 aromatic heterocycles. The quantitative estimate of drug-likeness (QED) is 0.530. The second-order valence-electron chi connectivity index (χ2n) is 10.6. The van der Waals surface area contributed by atoms with Crippen LogP contribution in [-0.4, -0.2) is 35.8 Å². The van der Waals surface area contributed by atoms with Gasteiger partial charge in [-0.1, -0.05) is 18.2 Å². The fourth-order valence-corrected chi connectivity index (χ4v) is 6.91. The first-order valence-corrected chi connectivity index (χ1v) is 13.2. The highest BCUT2D eigenvalue weighted by Gasteiger charge is 2.54. The summed E-state index contributed by atoms with van der Waals surface area (Å²) in [4.78, 5) is 29.3. The zero-order valence-corrected chi connectivity index (χ0v) is 20.9. The van der Waals surface area contributed by atoms with Crippen LogP contribution < -0.4 is 5.32 Å². The van der Waals surface area contributed by atoms with E-state index in [-0.39, 0.29) is 53.7 Å². The molecule has 1 saturated heterocycles. The number of nitrogens with zero attached hydrogens (tertiary/aromatic N) is 1. The van der Waals surface area contributed by atoms with Gasteiger partial charge in [0.1, 0.15) is 11.9 Å². The van der Waals surface area contributed by atoms with E-state index in [1.54, 1.807) is 13.0 Å². The Bertz CT molecular complexity index is 1070. The van der Waals surface area contributed by atoms with Crippen LogP contribution in [0.3, 0.4) is 0 Å². The molecule has 0 spiro atoms. The number of nitrogens with one attached hydrogen (secondary N) is 1. The Morgan fingerprint density at radius 2 is 2.17 bits per heavy atom. The number of rotatable bonds is 5. The first-order valence-electron chi connectivity index (χ1n) is 13.2. The summed E-state index contributed by atoms with van der Waals surface area (Å²) in [7, 11) is 0. The van der Waals surface area contributed by atoms with Crippen molar-refractivity contribution in [2.24, 2.45) is 29.6 Å². The molecule has 2 heterocycles. The van der Waals surface area contributed by atoms with Crippen molar-refractivity contribution in [2.75, 3.05) is 6.61 Å². The third-order valence-corrected chi connectivity index (χ3v) is 8.50. The lowest BCUT2D eigenvalue weighted by molar-refractivity contribution is -0.144. The molecular formula is C29H35FN2O4. The van der Waals surface area contributed by atoms with E-state index in [1.807, 2.05) is 31.3 Å². The standard InChI is InChI=1S/C29H35FN2O4/c1-3-35-29(34)32-23-10-11-24-20(14-23)15-26-27(17(2)36-28(26)33)25(24)12-9-22-8-7-19(16-31-22)18-5-4-6-21(30)13-18/h4,6-9,12-13,16-18,20,23-27H,3,5,10-11,14-15H2,1-2H3,(H,32,34)/b12-9+/t17-,18?,20+,23-,24+,25-,26-,27-/m1/s1. The van der Waals surface area contributed by atoms with Gasteiger partial charge < -0.3 is 14.8 Å². The van der Waals surface area contributed by atoms with Gasteiger partial charge in [-0.15, -0.1) is 0 Å². The van der Waals surface area contributed by atoms with Gasteiger partial charge in [-0.05, 0) is 93.6 Å². The Kier molecular flexibility index (Phi) is 7.26. The number of amides is 1. The Labute approximate surface area is 212 Å². The van der Waals surface area contributed by atoms with Crippen molar-refractivity contribution in [3.05, 3.63) is 59.7 Å². The van der Waals surface area contributed by atoms with Crippen molar-refractivity contribution in [1.82, 2.24) is 10.3 Å². The SMILES string of the molecule is CCOC(=O)N[C@@H]1CC[C@H]2[C@@H](C1)C[C@H]1C(=O)O[C@H](C)[C@@H]1[C@@H]2/C=C/c1ccc(C2C=C(F)C=CC2)cn1. The fraction of sp³-hybridized carbons (Fsp3) is 0.552. The Morgan fingerprint density at radius 3 is 2.92 bits per heavy atom. The molecule has 0 aromatic carbocycles. The fourth-order valence-electron chi connectivity index (χ4n) is 6.91. The maximum Gasteiger partial charge on any atom is 0.407 e. The molecule has 192 valence electrons. The molecule has 6 nitrogen and oxygen atoms in total. The number of cyclic esters (lactones) is 1. The van der Waals surface area contributed by atoms with E-state index in [0.717, 1.165) is 43.4 Å². The molecule has 7 heteroatoms. The van der Waals surface area contributed by atoms with Crippen LogP contribution in [0.5, 0.6) is 0 Å². The molecule has 1 aliphatic heterocycles. The summed E-state index contributed by atoms with van der Waals surface area (Å²) in [5.41, 5.74) is 1.85. The summed E-state index contributed by atoms with van der Waals surface area (Å²) in [6, 6.07) is 4.07. The highest BCUT2D eigenvalue weighted by Crippen LogP contribution is 2.53. The average Bonchev–Trinajstić information content (AvgIpc) is 3.15. The van der Waals surface area contributed by atoms with Crippen molar-refractivity contribution in [1.29, 1.82) is 0 Å². The predicted octanol–water partition coefficient (Wildman–Crippen LogP) is 5.72. The molecule has 3 aliphatic carbocycles. The highest BCUT2D eigenvalue weighted by atomic mass is 19.1. The number of hydrogen-bond acceptors (Lipinski definition) is 5. The Hall–Kier alpha value is -2.96. The maximum atomic E-state index is 13.6. The number of pyridine rings is 1.